The van der Waals surface area contributed by atoms with Crippen LogP contribution in [-0.2, 0) is 0 Å². The third kappa shape index (κ3) is 2.47. The Labute approximate surface area is 172 Å². The lowest BCUT2D eigenvalue weighted by atomic mass is 10.1. The molecule has 0 amide bonds. The van der Waals surface area contributed by atoms with Gasteiger partial charge in [0.05, 0.1) is 5.69 Å². The summed E-state index contributed by atoms with van der Waals surface area (Å²) in [5.41, 5.74) is 6.90. The third-order valence-corrected chi connectivity index (χ3v) is 5.62. The minimum Gasteiger partial charge on any atom is -0.437 e. The Morgan fingerprint density at radius 1 is 0.633 bits per heavy atom. The van der Waals surface area contributed by atoms with Gasteiger partial charge in [-0.3, -0.25) is 0 Å². The van der Waals surface area contributed by atoms with E-state index in [1.807, 2.05) is 49.4 Å². The van der Waals surface area contributed by atoms with E-state index >= 15 is 0 Å². The molecular formula is C26H18N2O2. The van der Waals surface area contributed by atoms with Crippen LogP contribution in [0.5, 0.6) is 0 Å². The highest BCUT2D eigenvalue weighted by atomic mass is 16.3. The van der Waals surface area contributed by atoms with Crippen molar-refractivity contribution in [2.45, 2.75) is 13.8 Å². The van der Waals surface area contributed by atoms with Gasteiger partial charge in [0.15, 0.2) is 0 Å². The van der Waals surface area contributed by atoms with Crippen molar-refractivity contribution < 1.29 is 8.83 Å². The second-order valence-corrected chi connectivity index (χ2v) is 7.56. The van der Waals surface area contributed by atoms with Gasteiger partial charge in [-0.05, 0) is 44.2 Å². The quantitative estimate of drug-likeness (QED) is 0.317. The number of para-hydroxylation sites is 1. The van der Waals surface area contributed by atoms with Gasteiger partial charge in [-0.2, -0.15) is 0 Å². The van der Waals surface area contributed by atoms with Gasteiger partial charge in [0.2, 0.25) is 11.4 Å². The summed E-state index contributed by atoms with van der Waals surface area (Å²) in [7, 11) is 0. The molecule has 4 heterocycles. The molecule has 0 saturated carbocycles. The first-order valence-electron chi connectivity index (χ1n) is 9.94. The Morgan fingerprint density at radius 2 is 1.43 bits per heavy atom. The molecule has 0 atom stereocenters. The molecule has 2 aromatic carbocycles. The third-order valence-electron chi connectivity index (χ3n) is 5.62. The Kier molecular flexibility index (Phi) is 3.56. The van der Waals surface area contributed by atoms with Crippen LogP contribution < -0.4 is 0 Å². The lowest BCUT2D eigenvalue weighted by Gasteiger charge is -2.01. The van der Waals surface area contributed by atoms with Crippen molar-refractivity contribution in [1.29, 1.82) is 0 Å². The summed E-state index contributed by atoms with van der Waals surface area (Å²) in [5, 5.41) is 3.07. The van der Waals surface area contributed by atoms with Crippen molar-refractivity contribution in [1.82, 2.24) is 9.97 Å². The minimum absolute atomic E-state index is 0.630. The second kappa shape index (κ2) is 6.29. The maximum atomic E-state index is 6.18. The average Bonchev–Trinajstić information content (AvgIpc) is 3.31. The van der Waals surface area contributed by atoms with E-state index < -0.39 is 0 Å². The molecule has 4 aromatic heterocycles. The molecule has 6 aromatic rings. The Morgan fingerprint density at radius 3 is 2.30 bits per heavy atom. The molecule has 0 spiro atoms. The van der Waals surface area contributed by atoms with E-state index in [0.717, 1.165) is 55.6 Å². The van der Waals surface area contributed by atoms with E-state index in [1.165, 1.54) is 0 Å². The highest BCUT2D eigenvalue weighted by Crippen LogP contribution is 2.37. The molecule has 30 heavy (non-hydrogen) atoms. The number of benzene rings is 2. The topological polar surface area (TPSA) is 52.1 Å². The minimum atomic E-state index is 0.630. The van der Waals surface area contributed by atoms with Gasteiger partial charge in [0, 0.05) is 38.5 Å². The van der Waals surface area contributed by atoms with Crippen LogP contribution in [0, 0.1) is 13.8 Å². The molecule has 144 valence electrons. The van der Waals surface area contributed by atoms with Gasteiger partial charge >= 0.3 is 0 Å². The number of pyridine rings is 2. The van der Waals surface area contributed by atoms with Crippen LogP contribution in [0.25, 0.3) is 55.7 Å². The van der Waals surface area contributed by atoms with Gasteiger partial charge in [0.25, 0.3) is 0 Å². The normalized spacial score (nSPS) is 11.7. The number of furan rings is 2. The monoisotopic (exact) mass is 390 g/mol. The van der Waals surface area contributed by atoms with Crippen molar-refractivity contribution in [2.75, 3.05) is 0 Å². The predicted molar refractivity (Wildman–Crippen MR) is 119 cm³/mol. The second-order valence-electron chi connectivity index (χ2n) is 7.56. The summed E-state index contributed by atoms with van der Waals surface area (Å²) in [6, 6.07) is 24.4. The molecule has 0 radical (unpaired) electrons. The predicted octanol–water partition coefficient (Wildman–Crippen LogP) is 7.07. The first-order valence-corrected chi connectivity index (χ1v) is 9.94. The standard InChI is InChI=1S/C26H18N2O2/c1-15-11-12-20-19-9-6-10-21(24(19)30-26(20)27-15)22-14-13-18-16(2)23(29-25(18)28-22)17-7-4-3-5-8-17/h3-14H,1-2H3. The number of hydrogen-bond acceptors (Lipinski definition) is 4. The zero-order chi connectivity index (χ0) is 20.2. The van der Waals surface area contributed by atoms with E-state index in [0.29, 0.717) is 11.4 Å². The molecule has 0 fully saturated rings. The summed E-state index contributed by atoms with van der Waals surface area (Å²) < 4.78 is 12.3. The average molecular weight is 390 g/mol. The number of aryl methyl sites for hydroxylation is 2. The van der Waals surface area contributed by atoms with Gasteiger partial charge in [-0.25, -0.2) is 9.97 Å². The molecular weight excluding hydrogens is 372 g/mol. The van der Waals surface area contributed by atoms with Crippen LogP contribution in [0.15, 0.2) is 81.6 Å². The molecule has 4 heteroatoms. The lowest BCUT2D eigenvalue weighted by Crippen LogP contribution is -1.84. The van der Waals surface area contributed by atoms with Crippen molar-refractivity contribution >= 4 is 33.2 Å². The van der Waals surface area contributed by atoms with Gasteiger partial charge in [-0.15, -0.1) is 0 Å². The van der Waals surface area contributed by atoms with Crippen molar-refractivity contribution in [3.05, 3.63) is 84.1 Å². The van der Waals surface area contributed by atoms with E-state index in [1.54, 1.807) is 0 Å². The van der Waals surface area contributed by atoms with Crippen molar-refractivity contribution in [3.63, 3.8) is 0 Å². The molecule has 0 aliphatic rings. The SMILES string of the molecule is Cc1ccc2c(n1)oc1c(-c3ccc4c(C)c(-c5ccccc5)oc4n3)cccc12. The Hall–Kier alpha value is -3.92. The van der Waals surface area contributed by atoms with E-state index in [-0.39, 0.29) is 0 Å². The van der Waals surface area contributed by atoms with Crippen LogP contribution in [-0.4, -0.2) is 9.97 Å². The molecule has 0 unspecified atom stereocenters. The fraction of sp³-hybridized carbons (Fsp3) is 0.0769. The summed E-state index contributed by atoms with van der Waals surface area (Å²) >= 11 is 0. The molecule has 0 N–H and O–H groups in total. The number of rotatable bonds is 2. The maximum Gasteiger partial charge on any atom is 0.227 e. The van der Waals surface area contributed by atoms with Crippen LogP contribution in [0.1, 0.15) is 11.3 Å². The van der Waals surface area contributed by atoms with Crippen molar-refractivity contribution in [2.24, 2.45) is 0 Å². The zero-order valence-electron chi connectivity index (χ0n) is 16.6. The van der Waals surface area contributed by atoms with E-state index in [2.05, 4.69) is 42.2 Å². The van der Waals surface area contributed by atoms with Crippen LogP contribution in [0.3, 0.4) is 0 Å². The Bertz CT molecular complexity index is 1560. The Balaban J connectivity index is 1.56. The summed E-state index contributed by atoms with van der Waals surface area (Å²) in [4.78, 5) is 9.38. The smallest absolute Gasteiger partial charge is 0.227 e. The fourth-order valence-electron chi connectivity index (χ4n) is 4.09. The fourth-order valence-corrected chi connectivity index (χ4v) is 4.09. The van der Waals surface area contributed by atoms with Gasteiger partial charge in [0.1, 0.15) is 11.3 Å². The molecule has 0 saturated heterocycles. The first-order chi connectivity index (χ1) is 14.7. The molecule has 0 bridgehead atoms. The maximum absolute atomic E-state index is 6.18. The van der Waals surface area contributed by atoms with Gasteiger partial charge in [-0.1, -0.05) is 42.5 Å². The van der Waals surface area contributed by atoms with Crippen LogP contribution in [0.2, 0.25) is 0 Å². The summed E-state index contributed by atoms with van der Waals surface area (Å²) in [5.74, 6) is 0.858. The molecule has 0 aliphatic heterocycles. The number of aromatic nitrogens is 2. The largest absolute Gasteiger partial charge is 0.437 e. The number of hydrogen-bond donors (Lipinski definition) is 0. The molecule has 6 rings (SSSR count). The summed E-state index contributed by atoms with van der Waals surface area (Å²) in [6.07, 6.45) is 0. The summed E-state index contributed by atoms with van der Waals surface area (Å²) in [6.45, 7) is 4.04. The number of nitrogens with zero attached hydrogens (tertiary/aromatic N) is 2. The highest BCUT2D eigenvalue weighted by Gasteiger charge is 2.17. The van der Waals surface area contributed by atoms with E-state index in [4.69, 9.17) is 13.8 Å². The molecule has 4 nitrogen and oxygen atoms in total. The van der Waals surface area contributed by atoms with Crippen LogP contribution in [0.4, 0.5) is 0 Å². The molecule has 0 aliphatic carbocycles. The van der Waals surface area contributed by atoms with E-state index in [9.17, 15) is 0 Å². The first kappa shape index (κ1) is 17.0. The van der Waals surface area contributed by atoms with Gasteiger partial charge < -0.3 is 8.83 Å². The number of fused-ring (bicyclic) bond motifs is 4. The lowest BCUT2D eigenvalue weighted by molar-refractivity contribution is 0.616. The van der Waals surface area contributed by atoms with Crippen LogP contribution >= 0.6 is 0 Å². The zero-order valence-corrected chi connectivity index (χ0v) is 16.6. The highest BCUT2D eigenvalue weighted by molar-refractivity contribution is 6.08. The van der Waals surface area contributed by atoms with Crippen molar-refractivity contribution in [3.8, 4) is 22.6 Å².